The second kappa shape index (κ2) is 10.5. The van der Waals surface area contributed by atoms with Crippen LogP contribution >= 0.6 is 11.6 Å². The van der Waals surface area contributed by atoms with Crippen LogP contribution in [0.2, 0.25) is 5.02 Å². The summed E-state index contributed by atoms with van der Waals surface area (Å²) >= 11 is 5.99. The number of ether oxygens (including phenoxy) is 1. The van der Waals surface area contributed by atoms with Crippen molar-refractivity contribution in [3.8, 4) is 0 Å². The molecule has 4 N–H and O–H groups in total. The molecule has 32 heavy (non-hydrogen) atoms. The Bertz CT molecular complexity index is 869. The van der Waals surface area contributed by atoms with Gasteiger partial charge in [-0.1, -0.05) is 37.6 Å². The minimum atomic E-state index is -0.540. The molecule has 1 saturated heterocycles. The number of nitrogens with zero attached hydrogens (tertiary/aromatic N) is 2. The minimum absolute atomic E-state index is 0.0841. The first-order valence-corrected chi connectivity index (χ1v) is 11.4. The van der Waals surface area contributed by atoms with Gasteiger partial charge in [-0.15, -0.1) is 0 Å². The molecular weight excluding hydrogens is 430 g/mol. The van der Waals surface area contributed by atoms with Crippen molar-refractivity contribution in [1.29, 1.82) is 5.41 Å². The lowest BCUT2D eigenvalue weighted by Crippen LogP contribution is -2.60. The third kappa shape index (κ3) is 5.88. The van der Waals surface area contributed by atoms with Gasteiger partial charge in [0.15, 0.2) is 0 Å². The van der Waals surface area contributed by atoms with E-state index in [1.807, 2.05) is 44.2 Å². The van der Waals surface area contributed by atoms with E-state index in [0.29, 0.717) is 23.9 Å². The van der Waals surface area contributed by atoms with E-state index in [2.05, 4.69) is 5.32 Å². The third-order valence-electron chi connectivity index (χ3n) is 5.86. The molecule has 0 bridgehead atoms. The topological polar surface area (TPSA) is 112 Å². The number of allylic oxidation sites excluding steroid dienone is 1. The number of rotatable bonds is 10. The van der Waals surface area contributed by atoms with Gasteiger partial charge in [0.05, 0.1) is 24.7 Å². The van der Waals surface area contributed by atoms with Crippen molar-refractivity contribution in [3.05, 3.63) is 46.6 Å². The van der Waals surface area contributed by atoms with E-state index >= 15 is 0 Å². The summed E-state index contributed by atoms with van der Waals surface area (Å²) in [5, 5.41) is 12.5. The highest BCUT2D eigenvalue weighted by atomic mass is 35.5. The van der Waals surface area contributed by atoms with Crippen molar-refractivity contribution in [2.45, 2.75) is 50.6 Å². The Morgan fingerprint density at radius 2 is 2.09 bits per heavy atom. The van der Waals surface area contributed by atoms with Crippen LogP contribution in [0.3, 0.4) is 0 Å². The summed E-state index contributed by atoms with van der Waals surface area (Å²) in [5.74, 6) is 5.70. The molecule has 2 unspecified atom stereocenters. The smallest absolute Gasteiger partial charge is 0.271 e. The number of amides is 2. The Morgan fingerprint density at radius 3 is 2.69 bits per heavy atom. The van der Waals surface area contributed by atoms with Crippen molar-refractivity contribution in [2.75, 3.05) is 26.3 Å². The number of hydrazine groups is 1. The quantitative estimate of drug-likeness (QED) is 0.214. The maximum atomic E-state index is 13.3. The maximum absolute atomic E-state index is 13.3. The Hall–Kier alpha value is -2.42. The zero-order chi connectivity index (χ0) is 23.3. The standard InChI is InChI=1S/C23H32ClN5O3/c1-3-10-32-14-19-12-28(13-21(30)27-23(15-25)8-9-23)22(31)20(29(19)26)11-16(2)17-4-6-18(24)7-5-17/h4-7,11,15-16,19,25H,3,8-10,12-14,26H2,1-2H3,(H,27,30)/b20-11-,25-15?. The van der Waals surface area contributed by atoms with Crippen LogP contribution in [0.15, 0.2) is 36.0 Å². The molecule has 0 spiro atoms. The summed E-state index contributed by atoms with van der Waals surface area (Å²) < 4.78 is 5.71. The molecule has 8 nitrogen and oxygen atoms in total. The molecule has 1 aromatic rings. The molecule has 1 aliphatic carbocycles. The van der Waals surface area contributed by atoms with Gasteiger partial charge < -0.3 is 20.4 Å². The van der Waals surface area contributed by atoms with Crippen LogP contribution in [0.1, 0.15) is 44.6 Å². The number of carbonyl (C=O) groups excluding carboxylic acids is 2. The predicted molar refractivity (Wildman–Crippen MR) is 124 cm³/mol. The van der Waals surface area contributed by atoms with Crippen molar-refractivity contribution >= 4 is 29.6 Å². The fourth-order valence-corrected chi connectivity index (χ4v) is 3.84. The normalized spacial score (nSPS) is 22.1. The molecule has 1 saturated carbocycles. The van der Waals surface area contributed by atoms with Gasteiger partial charge in [0, 0.05) is 30.3 Å². The molecule has 0 radical (unpaired) electrons. The van der Waals surface area contributed by atoms with E-state index in [0.717, 1.165) is 24.8 Å². The first-order valence-electron chi connectivity index (χ1n) is 11.0. The Kier molecular flexibility index (Phi) is 7.92. The summed E-state index contributed by atoms with van der Waals surface area (Å²) in [5.41, 5.74) is 0.796. The van der Waals surface area contributed by atoms with Gasteiger partial charge in [0.25, 0.3) is 5.91 Å². The Morgan fingerprint density at radius 1 is 1.41 bits per heavy atom. The van der Waals surface area contributed by atoms with Gasteiger partial charge in [-0.3, -0.25) is 14.6 Å². The van der Waals surface area contributed by atoms with Crippen LogP contribution < -0.4 is 11.2 Å². The average Bonchev–Trinajstić information content (AvgIpc) is 3.54. The number of nitrogens with two attached hydrogens (primary N) is 1. The highest BCUT2D eigenvalue weighted by molar-refractivity contribution is 6.30. The summed E-state index contributed by atoms with van der Waals surface area (Å²) in [7, 11) is 0. The number of carbonyl (C=O) groups is 2. The van der Waals surface area contributed by atoms with E-state index in [1.54, 1.807) is 0 Å². The van der Waals surface area contributed by atoms with Gasteiger partial charge in [0.1, 0.15) is 5.70 Å². The highest BCUT2D eigenvalue weighted by Crippen LogP contribution is 2.33. The minimum Gasteiger partial charge on any atom is -0.379 e. The molecule has 2 amide bonds. The van der Waals surface area contributed by atoms with Gasteiger partial charge in [-0.2, -0.15) is 0 Å². The first-order chi connectivity index (χ1) is 15.3. The molecule has 174 valence electrons. The zero-order valence-electron chi connectivity index (χ0n) is 18.6. The summed E-state index contributed by atoms with van der Waals surface area (Å²) in [6.07, 6.45) is 5.48. The van der Waals surface area contributed by atoms with Crippen LogP contribution in [-0.4, -0.2) is 65.8 Å². The van der Waals surface area contributed by atoms with Crippen molar-refractivity contribution in [3.63, 3.8) is 0 Å². The van der Waals surface area contributed by atoms with Crippen LogP contribution in [0, 0.1) is 5.41 Å². The monoisotopic (exact) mass is 461 g/mol. The molecule has 9 heteroatoms. The SMILES string of the molecule is CCCOCC1CN(CC(=O)NC2(C=N)CC2)C(=O)/C(=C/C(C)c2ccc(Cl)cc2)N1N. The molecule has 1 heterocycles. The van der Waals surface area contributed by atoms with Crippen molar-refractivity contribution < 1.29 is 14.3 Å². The number of nitrogens with one attached hydrogen (secondary N) is 2. The number of piperazine rings is 1. The molecule has 2 aliphatic rings. The number of hydrogen-bond donors (Lipinski definition) is 3. The van der Waals surface area contributed by atoms with E-state index in [4.69, 9.17) is 27.6 Å². The Labute approximate surface area is 194 Å². The summed E-state index contributed by atoms with van der Waals surface area (Å²) in [6, 6.07) is 7.18. The largest absolute Gasteiger partial charge is 0.379 e. The third-order valence-corrected chi connectivity index (χ3v) is 6.11. The van der Waals surface area contributed by atoms with Crippen molar-refractivity contribution in [2.24, 2.45) is 5.84 Å². The van der Waals surface area contributed by atoms with Crippen LogP contribution in [0.5, 0.6) is 0 Å². The maximum Gasteiger partial charge on any atom is 0.271 e. The molecule has 1 aromatic carbocycles. The van der Waals surface area contributed by atoms with Gasteiger partial charge in [-0.25, -0.2) is 5.84 Å². The molecule has 0 aromatic heterocycles. The molecule has 3 rings (SSSR count). The summed E-state index contributed by atoms with van der Waals surface area (Å²) in [4.78, 5) is 27.4. The molecule has 1 aliphatic heterocycles. The lowest BCUT2D eigenvalue weighted by Gasteiger charge is -2.41. The van der Waals surface area contributed by atoms with E-state index < -0.39 is 5.54 Å². The lowest BCUT2D eigenvalue weighted by molar-refractivity contribution is -0.139. The molecule has 2 fully saturated rings. The average molecular weight is 462 g/mol. The van der Waals surface area contributed by atoms with Crippen LogP contribution in [0.4, 0.5) is 0 Å². The van der Waals surface area contributed by atoms with Crippen LogP contribution in [-0.2, 0) is 14.3 Å². The first kappa shape index (κ1) is 24.2. The second-order valence-corrected chi connectivity index (χ2v) is 9.00. The fraction of sp³-hybridized carbons (Fsp3) is 0.522. The van der Waals surface area contributed by atoms with Crippen molar-refractivity contribution in [1.82, 2.24) is 15.2 Å². The van der Waals surface area contributed by atoms with Gasteiger partial charge in [0.2, 0.25) is 5.91 Å². The van der Waals surface area contributed by atoms with E-state index in [9.17, 15) is 9.59 Å². The highest BCUT2D eigenvalue weighted by Gasteiger charge is 2.43. The van der Waals surface area contributed by atoms with Gasteiger partial charge >= 0.3 is 0 Å². The lowest BCUT2D eigenvalue weighted by atomic mass is 9.98. The summed E-state index contributed by atoms with van der Waals surface area (Å²) in [6.45, 7) is 5.16. The Balaban J connectivity index is 1.79. The van der Waals surface area contributed by atoms with Crippen LogP contribution in [0.25, 0.3) is 0 Å². The zero-order valence-corrected chi connectivity index (χ0v) is 19.4. The predicted octanol–water partition coefficient (Wildman–Crippen LogP) is 2.44. The van der Waals surface area contributed by atoms with Gasteiger partial charge in [-0.05, 0) is 43.0 Å². The number of benzene rings is 1. The van der Waals surface area contributed by atoms with E-state index in [1.165, 1.54) is 16.1 Å². The fourth-order valence-electron chi connectivity index (χ4n) is 3.71. The van der Waals surface area contributed by atoms with E-state index in [-0.39, 0.29) is 36.9 Å². The molecule has 2 atom stereocenters. The number of hydrogen-bond acceptors (Lipinski definition) is 6. The molecular formula is C23H32ClN5O3. The second-order valence-electron chi connectivity index (χ2n) is 8.56. The number of halogens is 1.